The summed E-state index contributed by atoms with van der Waals surface area (Å²) in [7, 11) is -2.11. The van der Waals surface area contributed by atoms with Gasteiger partial charge < -0.3 is 14.2 Å². The fraction of sp³-hybridized carbons (Fsp3) is 0.350. The molecule has 2 aromatic heterocycles. The molecule has 0 atom stereocenters. The molecule has 0 aliphatic carbocycles. The quantitative estimate of drug-likeness (QED) is 0.623. The SMILES string of the molecule is COc1ccc(S(=O)(=O)N2CCN(C(=O)c3cc(C)nc4onc(C)c34)CC2)cc1. The maximum atomic E-state index is 13.2. The van der Waals surface area contributed by atoms with Crippen molar-refractivity contribution in [1.29, 1.82) is 0 Å². The Morgan fingerprint density at radius 1 is 1.10 bits per heavy atom. The number of amides is 1. The first-order valence-electron chi connectivity index (χ1n) is 9.48. The van der Waals surface area contributed by atoms with Crippen LogP contribution in [0, 0.1) is 13.8 Å². The van der Waals surface area contributed by atoms with Gasteiger partial charge >= 0.3 is 0 Å². The molecule has 1 aliphatic rings. The monoisotopic (exact) mass is 430 g/mol. The number of hydrogen-bond acceptors (Lipinski definition) is 7. The lowest BCUT2D eigenvalue weighted by Gasteiger charge is -2.34. The van der Waals surface area contributed by atoms with Gasteiger partial charge in [-0.1, -0.05) is 5.16 Å². The van der Waals surface area contributed by atoms with Crippen molar-refractivity contribution in [3.63, 3.8) is 0 Å². The van der Waals surface area contributed by atoms with Crippen molar-refractivity contribution < 1.29 is 22.5 Å². The zero-order chi connectivity index (χ0) is 21.5. The molecule has 30 heavy (non-hydrogen) atoms. The molecule has 0 saturated carbocycles. The number of carbonyl (C=O) groups is 1. The molecule has 10 heteroatoms. The number of ether oxygens (including phenoxy) is 1. The van der Waals surface area contributed by atoms with E-state index in [1.54, 1.807) is 36.9 Å². The first-order valence-corrected chi connectivity index (χ1v) is 10.9. The minimum atomic E-state index is -3.64. The van der Waals surface area contributed by atoms with E-state index in [9.17, 15) is 13.2 Å². The smallest absolute Gasteiger partial charge is 0.258 e. The van der Waals surface area contributed by atoms with Crippen LogP contribution in [0.2, 0.25) is 0 Å². The van der Waals surface area contributed by atoms with Crippen LogP contribution >= 0.6 is 0 Å². The molecule has 0 radical (unpaired) electrons. The highest BCUT2D eigenvalue weighted by Crippen LogP contribution is 2.25. The summed E-state index contributed by atoms with van der Waals surface area (Å²) in [4.78, 5) is 19.3. The Kier molecular flexibility index (Phi) is 5.20. The lowest BCUT2D eigenvalue weighted by atomic mass is 10.1. The second kappa shape index (κ2) is 7.69. The molecule has 0 unspecified atom stereocenters. The summed E-state index contributed by atoms with van der Waals surface area (Å²) in [6, 6.07) is 8.00. The number of sulfonamides is 1. The molecule has 1 amide bonds. The van der Waals surface area contributed by atoms with Gasteiger partial charge in [0.2, 0.25) is 10.0 Å². The van der Waals surface area contributed by atoms with Crippen LogP contribution in [0.5, 0.6) is 5.75 Å². The van der Waals surface area contributed by atoms with Crippen LogP contribution < -0.4 is 4.74 Å². The van der Waals surface area contributed by atoms with Crippen molar-refractivity contribution in [3.05, 3.63) is 47.3 Å². The maximum Gasteiger partial charge on any atom is 0.258 e. The first kappa shape index (κ1) is 20.3. The zero-order valence-electron chi connectivity index (χ0n) is 17.0. The Labute approximate surface area is 174 Å². The van der Waals surface area contributed by atoms with Crippen LogP contribution in [-0.2, 0) is 10.0 Å². The normalized spacial score (nSPS) is 15.5. The number of carbonyl (C=O) groups excluding carboxylic acids is 1. The molecule has 0 bridgehead atoms. The van der Waals surface area contributed by atoms with E-state index in [0.717, 1.165) is 0 Å². The fourth-order valence-corrected chi connectivity index (χ4v) is 5.01. The van der Waals surface area contributed by atoms with Crippen LogP contribution in [0.3, 0.4) is 0 Å². The largest absolute Gasteiger partial charge is 0.497 e. The van der Waals surface area contributed by atoms with Crippen LogP contribution in [0.1, 0.15) is 21.7 Å². The average Bonchev–Trinajstić information content (AvgIpc) is 3.13. The number of pyridine rings is 1. The standard InChI is InChI=1S/C20H22N4O5S/c1-13-12-17(18-14(2)22-29-19(18)21-13)20(25)23-8-10-24(11-9-23)30(26,27)16-6-4-15(28-3)5-7-16/h4-7,12H,8-11H2,1-3H3. The minimum absolute atomic E-state index is 0.182. The highest BCUT2D eigenvalue weighted by atomic mass is 32.2. The average molecular weight is 430 g/mol. The topological polar surface area (TPSA) is 106 Å². The molecule has 1 saturated heterocycles. The first-order chi connectivity index (χ1) is 14.3. The van der Waals surface area contributed by atoms with E-state index in [0.29, 0.717) is 46.9 Å². The second-order valence-corrected chi connectivity index (χ2v) is 9.07. The van der Waals surface area contributed by atoms with E-state index in [2.05, 4.69) is 10.1 Å². The molecule has 1 aliphatic heterocycles. The number of nitrogens with zero attached hydrogens (tertiary/aromatic N) is 4. The number of piperazine rings is 1. The molecular formula is C20H22N4O5S. The Bertz CT molecular complexity index is 1200. The number of rotatable bonds is 4. The van der Waals surface area contributed by atoms with E-state index < -0.39 is 10.0 Å². The summed E-state index contributed by atoms with van der Waals surface area (Å²) in [6.45, 7) is 4.57. The number of hydrogen-bond donors (Lipinski definition) is 0. The van der Waals surface area contributed by atoms with Gasteiger partial charge in [0, 0.05) is 31.9 Å². The van der Waals surface area contributed by atoms with Crippen LogP contribution in [0.4, 0.5) is 0 Å². The van der Waals surface area contributed by atoms with Gasteiger partial charge in [-0.15, -0.1) is 0 Å². The van der Waals surface area contributed by atoms with Gasteiger partial charge in [-0.05, 0) is 44.2 Å². The fourth-order valence-electron chi connectivity index (χ4n) is 3.58. The van der Waals surface area contributed by atoms with Crippen molar-refractivity contribution in [2.45, 2.75) is 18.7 Å². The number of aryl methyl sites for hydroxylation is 2. The van der Waals surface area contributed by atoms with Gasteiger partial charge in [0.15, 0.2) is 0 Å². The summed E-state index contributed by atoms with van der Waals surface area (Å²) in [6.07, 6.45) is 0. The molecule has 0 N–H and O–H groups in total. The minimum Gasteiger partial charge on any atom is -0.497 e. The molecule has 3 aromatic rings. The van der Waals surface area contributed by atoms with E-state index >= 15 is 0 Å². The summed E-state index contributed by atoms with van der Waals surface area (Å²) < 4.78 is 37.5. The Hall–Kier alpha value is -2.98. The van der Waals surface area contributed by atoms with Gasteiger partial charge in [0.25, 0.3) is 11.6 Å². The van der Waals surface area contributed by atoms with Gasteiger partial charge in [-0.25, -0.2) is 13.4 Å². The van der Waals surface area contributed by atoms with Crippen molar-refractivity contribution in [1.82, 2.24) is 19.3 Å². The lowest BCUT2D eigenvalue weighted by molar-refractivity contribution is 0.0699. The van der Waals surface area contributed by atoms with Crippen molar-refractivity contribution in [2.24, 2.45) is 0 Å². The lowest BCUT2D eigenvalue weighted by Crippen LogP contribution is -2.50. The van der Waals surface area contributed by atoms with Crippen molar-refractivity contribution in [3.8, 4) is 5.75 Å². The highest BCUT2D eigenvalue weighted by molar-refractivity contribution is 7.89. The molecule has 4 rings (SSSR count). The summed E-state index contributed by atoms with van der Waals surface area (Å²) in [5, 5.41) is 4.51. The van der Waals surface area contributed by atoms with Crippen LogP contribution in [0.15, 0.2) is 39.8 Å². The van der Waals surface area contributed by atoms with Gasteiger partial charge in [0.05, 0.1) is 28.6 Å². The van der Waals surface area contributed by atoms with Crippen molar-refractivity contribution in [2.75, 3.05) is 33.3 Å². The molecule has 1 fully saturated rings. The number of benzene rings is 1. The zero-order valence-corrected chi connectivity index (χ0v) is 17.8. The third kappa shape index (κ3) is 3.52. The summed E-state index contributed by atoms with van der Waals surface area (Å²) in [5.41, 5.74) is 2.06. The second-order valence-electron chi connectivity index (χ2n) is 7.13. The van der Waals surface area contributed by atoms with Gasteiger partial charge in [-0.3, -0.25) is 4.79 Å². The molecule has 158 valence electrons. The van der Waals surface area contributed by atoms with Crippen molar-refractivity contribution >= 4 is 27.0 Å². The molecule has 0 spiro atoms. The van der Waals surface area contributed by atoms with Crippen LogP contribution in [0.25, 0.3) is 11.1 Å². The summed E-state index contributed by atoms with van der Waals surface area (Å²) in [5.74, 6) is 0.408. The molecular weight excluding hydrogens is 408 g/mol. The van der Waals surface area contributed by atoms with E-state index in [4.69, 9.17) is 9.26 Å². The van der Waals surface area contributed by atoms with E-state index in [1.807, 2.05) is 0 Å². The highest BCUT2D eigenvalue weighted by Gasteiger charge is 2.31. The molecule has 1 aromatic carbocycles. The predicted octanol–water partition coefficient (Wildman–Crippen LogP) is 1.99. The number of fused-ring (bicyclic) bond motifs is 1. The Morgan fingerprint density at radius 2 is 1.77 bits per heavy atom. The Balaban J connectivity index is 1.52. The van der Waals surface area contributed by atoms with Gasteiger partial charge in [0.1, 0.15) is 5.75 Å². The summed E-state index contributed by atoms with van der Waals surface area (Å²) >= 11 is 0. The third-order valence-corrected chi connectivity index (χ3v) is 7.11. The molecule has 9 nitrogen and oxygen atoms in total. The van der Waals surface area contributed by atoms with E-state index in [1.165, 1.54) is 23.5 Å². The van der Waals surface area contributed by atoms with Gasteiger partial charge in [-0.2, -0.15) is 4.31 Å². The Morgan fingerprint density at radius 3 is 2.40 bits per heavy atom. The number of methoxy groups -OCH3 is 1. The maximum absolute atomic E-state index is 13.2. The molecule has 3 heterocycles. The third-order valence-electron chi connectivity index (χ3n) is 5.20. The van der Waals surface area contributed by atoms with Crippen LogP contribution in [-0.4, -0.2) is 67.0 Å². The predicted molar refractivity (Wildman–Crippen MR) is 109 cm³/mol. The van der Waals surface area contributed by atoms with E-state index in [-0.39, 0.29) is 23.9 Å². The number of aromatic nitrogens is 2.